The molecule has 7 atom stereocenters. The maximum Gasteiger partial charge on any atom is 0.108 e. The number of aliphatic hydroxyl groups is 2. The minimum absolute atomic E-state index is 0.00495. The topological polar surface area (TPSA) is 40.5 Å². The van der Waals surface area contributed by atoms with E-state index in [0.29, 0.717) is 22.8 Å². The summed E-state index contributed by atoms with van der Waals surface area (Å²) in [5.41, 5.74) is 0.807. The molecular weight excluding hydrogens is 308 g/mol. The van der Waals surface area contributed by atoms with Gasteiger partial charge in [-0.15, -0.1) is 0 Å². The van der Waals surface area contributed by atoms with Gasteiger partial charge in [0.25, 0.3) is 0 Å². The maximum atomic E-state index is 10.9. The van der Waals surface area contributed by atoms with E-state index in [1.807, 2.05) is 6.08 Å². The zero-order valence-corrected chi connectivity index (χ0v) is 15.2. The maximum absolute atomic E-state index is 10.9. The van der Waals surface area contributed by atoms with Crippen LogP contribution in [0.1, 0.15) is 59.3 Å². The number of halogens is 1. The zero-order valence-electron chi connectivity index (χ0n) is 14.5. The van der Waals surface area contributed by atoms with E-state index in [9.17, 15) is 10.2 Å². The highest BCUT2D eigenvalue weighted by Gasteiger charge is 2.62. The number of allylic oxidation sites excluding steroid dienone is 2. The Kier molecular flexibility index (Phi) is 3.42. The Bertz CT molecular complexity index is 592. The van der Waals surface area contributed by atoms with E-state index in [1.54, 1.807) is 0 Å². The fraction of sp³-hybridized carbons (Fsp3) is 0.800. The molecule has 0 aromatic rings. The Morgan fingerprint density at radius 1 is 1.09 bits per heavy atom. The van der Waals surface area contributed by atoms with Gasteiger partial charge in [-0.1, -0.05) is 37.6 Å². The van der Waals surface area contributed by atoms with E-state index < -0.39 is 11.7 Å². The van der Waals surface area contributed by atoms with Crippen molar-refractivity contribution in [3.05, 3.63) is 22.8 Å². The second-order valence-electron chi connectivity index (χ2n) is 9.10. The molecule has 0 aromatic carbocycles. The van der Waals surface area contributed by atoms with E-state index in [0.717, 1.165) is 38.5 Å². The second kappa shape index (κ2) is 4.86. The van der Waals surface area contributed by atoms with E-state index in [-0.39, 0.29) is 10.8 Å². The molecule has 3 heteroatoms. The van der Waals surface area contributed by atoms with Gasteiger partial charge < -0.3 is 10.2 Å². The SMILES string of the molecule is C[C@]12C=CC(O)C(Cl)=C1CC[C@@H]1[C@H]2CC[C@@]2(C)[C@@H]1CC[C@]2(C)O. The van der Waals surface area contributed by atoms with E-state index in [2.05, 4.69) is 26.8 Å². The fourth-order valence-electron chi connectivity index (χ4n) is 6.64. The van der Waals surface area contributed by atoms with Crippen molar-refractivity contribution in [2.45, 2.75) is 71.0 Å². The average molecular weight is 337 g/mol. The van der Waals surface area contributed by atoms with Gasteiger partial charge in [0, 0.05) is 5.41 Å². The summed E-state index contributed by atoms with van der Waals surface area (Å²) < 4.78 is 0. The summed E-state index contributed by atoms with van der Waals surface area (Å²) >= 11 is 6.48. The van der Waals surface area contributed by atoms with Crippen molar-refractivity contribution < 1.29 is 10.2 Å². The van der Waals surface area contributed by atoms with Crippen LogP contribution in [0.4, 0.5) is 0 Å². The van der Waals surface area contributed by atoms with Crippen LogP contribution in [0.3, 0.4) is 0 Å². The molecule has 128 valence electrons. The van der Waals surface area contributed by atoms with Crippen molar-refractivity contribution in [1.29, 1.82) is 0 Å². The average Bonchev–Trinajstić information content (AvgIpc) is 2.74. The van der Waals surface area contributed by atoms with Crippen molar-refractivity contribution in [1.82, 2.24) is 0 Å². The van der Waals surface area contributed by atoms with Gasteiger partial charge in [-0.3, -0.25) is 0 Å². The summed E-state index contributed by atoms with van der Waals surface area (Å²) in [6, 6.07) is 0. The highest BCUT2D eigenvalue weighted by molar-refractivity contribution is 6.31. The summed E-state index contributed by atoms with van der Waals surface area (Å²) in [4.78, 5) is 0. The standard InChI is InChI=1S/C20H29ClO2/c1-18-9-8-16(22)17(21)15(18)5-4-12-13(18)6-10-19(2)14(12)7-11-20(19,3)23/h8-9,12-14,16,22-23H,4-7,10-11H2,1-3H3/t12-,13-,14-,16?,18-,19+,20+/m1/s1. The molecule has 0 heterocycles. The Balaban J connectivity index is 1.72. The molecule has 0 bridgehead atoms. The number of fused-ring (bicyclic) bond motifs is 5. The van der Waals surface area contributed by atoms with Crippen LogP contribution in [0.15, 0.2) is 22.8 Å². The first-order valence-electron chi connectivity index (χ1n) is 9.19. The van der Waals surface area contributed by atoms with Crippen LogP contribution in [0.2, 0.25) is 0 Å². The first kappa shape index (κ1) is 16.2. The molecule has 0 amide bonds. The van der Waals surface area contributed by atoms with Crippen LogP contribution in [-0.2, 0) is 0 Å². The number of hydrogen-bond acceptors (Lipinski definition) is 2. The highest BCUT2D eigenvalue weighted by Crippen LogP contribution is 2.67. The molecule has 3 fully saturated rings. The molecule has 2 N–H and O–H groups in total. The van der Waals surface area contributed by atoms with Crippen LogP contribution in [0.5, 0.6) is 0 Å². The Hall–Kier alpha value is -0.310. The zero-order chi connectivity index (χ0) is 16.6. The molecule has 0 spiro atoms. The van der Waals surface area contributed by atoms with Crippen LogP contribution >= 0.6 is 11.6 Å². The molecule has 4 aliphatic rings. The van der Waals surface area contributed by atoms with E-state index in [1.165, 1.54) is 5.57 Å². The minimum Gasteiger partial charge on any atom is -0.390 e. The smallest absolute Gasteiger partial charge is 0.108 e. The van der Waals surface area contributed by atoms with Crippen molar-refractivity contribution in [3.8, 4) is 0 Å². The van der Waals surface area contributed by atoms with Crippen molar-refractivity contribution in [2.75, 3.05) is 0 Å². The van der Waals surface area contributed by atoms with Gasteiger partial charge in [-0.05, 0) is 74.2 Å². The first-order chi connectivity index (χ1) is 10.7. The third-order valence-electron chi connectivity index (χ3n) is 8.32. The van der Waals surface area contributed by atoms with Crippen molar-refractivity contribution in [2.24, 2.45) is 28.6 Å². The van der Waals surface area contributed by atoms with Gasteiger partial charge in [0.2, 0.25) is 0 Å². The lowest BCUT2D eigenvalue weighted by atomic mass is 9.47. The van der Waals surface area contributed by atoms with Gasteiger partial charge in [0.05, 0.1) is 10.6 Å². The molecule has 0 aliphatic heterocycles. The molecule has 0 radical (unpaired) electrons. The number of rotatable bonds is 0. The van der Waals surface area contributed by atoms with E-state index >= 15 is 0 Å². The van der Waals surface area contributed by atoms with Crippen molar-refractivity contribution in [3.63, 3.8) is 0 Å². The molecule has 4 rings (SSSR count). The fourth-order valence-corrected chi connectivity index (χ4v) is 7.01. The highest BCUT2D eigenvalue weighted by atomic mass is 35.5. The van der Waals surface area contributed by atoms with Gasteiger partial charge in [0.15, 0.2) is 0 Å². The molecule has 3 saturated carbocycles. The predicted octanol–water partition coefficient (Wildman–Crippen LogP) is 4.40. The summed E-state index contributed by atoms with van der Waals surface area (Å²) in [5, 5.41) is 21.7. The van der Waals surface area contributed by atoms with Gasteiger partial charge in [-0.2, -0.15) is 0 Å². The number of hydrogen-bond donors (Lipinski definition) is 2. The van der Waals surface area contributed by atoms with Crippen LogP contribution in [0, 0.1) is 28.6 Å². The number of aliphatic hydroxyl groups excluding tert-OH is 1. The minimum atomic E-state index is -0.614. The molecule has 1 unspecified atom stereocenters. The largest absolute Gasteiger partial charge is 0.390 e. The lowest BCUT2D eigenvalue weighted by Crippen LogP contribution is -2.53. The summed E-state index contributed by atoms with van der Waals surface area (Å²) in [7, 11) is 0. The third-order valence-corrected chi connectivity index (χ3v) is 8.77. The Labute approximate surface area is 144 Å². The normalized spacial score (nSPS) is 55.4. The first-order valence-corrected chi connectivity index (χ1v) is 9.57. The quantitative estimate of drug-likeness (QED) is 0.643. The lowest BCUT2D eigenvalue weighted by Gasteiger charge is -2.58. The third kappa shape index (κ3) is 1.95. The van der Waals surface area contributed by atoms with Gasteiger partial charge in [-0.25, -0.2) is 0 Å². The molecular formula is C20H29ClO2. The Morgan fingerprint density at radius 3 is 2.52 bits per heavy atom. The van der Waals surface area contributed by atoms with Crippen LogP contribution in [-0.4, -0.2) is 21.9 Å². The molecule has 23 heavy (non-hydrogen) atoms. The molecule has 4 aliphatic carbocycles. The summed E-state index contributed by atoms with van der Waals surface area (Å²) in [6.45, 7) is 6.69. The van der Waals surface area contributed by atoms with E-state index in [4.69, 9.17) is 11.6 Å². The molecule has 0 saturated heterocycles. The lowest BCUT2D eigenvalue weighted by molar-refractivity contribution is -0.111. The van der Waals surface area contributed by atoms with Gasteiger partial charge >= 0.3 is 0 Å². The Morgan fingerprint density at radius 2 is 1.78 bits per heavy atom. The summed E-state index contributed by atoms with van der Waals surface area (Å²) in [6.07, 6.45) is 9.98. The molecule has 2 nitrogen and oxygen atoms in total. The van der Waals surface area contributed by atoms with Crippen molar-refractivity contribution >= 4 is 11.6 Å². The monoisotopic (exact) mass is 336 g/mol. The predicted molar refractivity (Wildman–Crippen MR) is 93.0 cm³/mol. The molecule has 0 aromatic heterocycles. The van der Waals surface area contributed by atoms with Crippen LogP contribution < -0.4 is 0 Å². The second-order valence-corrected chi connectivity index (χ2v) is 9.50. The van der Waals surface area contributed by atoms with Crippen LogP contribution in [0.25, 0.3) is 0 Å². The summed E-state index contributed by atoms with van der Waals surface area (Å²) in [5.74, 6) is 1.88. The van der Waals surface area contributed by atoms with Gasteiger partial charge in [0.1, 0.15) is 6.10 Å².